The Morgan fingerprint density at radius 1 is 1.09 bits per heavy atom. The molecular formula is C24H25F3N2O6. The van der Waals surface area contributed by atoms with Crippen molar-refractivity contribution in [1.29, 1.82) is 0 Å². The number of ether oxygens (including phenoxy) is 1. The lowest BCUT2D eigenvalue weighted by Crippen LogP contribution is -2.73. The van der Waals surface area contributed by atoms with E-state index in [1.54, 1.807) is 12.1 Å². The molecule has 1 aromatic heterocycles. The predicted molar refractivity (Wildman–Crippen MR) is 113 cm³/mol. The summed E-state index contributed by atoms with van der Waals surface area (Å²) in [6.07, 6.45) is -4.88. The number of fused-ring (bicyclic) bond motifs is 1. The second-order valence-electron chi connectivity index (χ2n) is 10.9. The predicted octanol–water partition coefficient (Wildman–Crippen LogP) is 4.45. The monoisotopic (exact) mass is 494 g/mol. The van der Waals surface area contributed by atoms with E-state index in [4.69, 9.17) is 14.5 Å². The van der Waals surface area contributed by atoms with Gasteiger partial charge in [0.05, 0.1) is 12.5 Å². The van der Waals surface area contributed by atoms with Crippen molar-refractivity contribution in [1.82, 2.24) is 10.5 Å². The second-order valence-corrected chi connectivity index (χ2v) is 10.9. The molecule has 3 atom stereocenters. The van der Waals surface area contributed by atoms with Crippen molar-refractivity contribution in [3.63, 3.8) is 0 Å². The highest BCUT2D eigenvalue weighted by molar-refractivity contribution is 6.06. The molecule has 3 aliphatic rings. The van der Waals surface area contributed by atoms with Gasteiger partial charge in [0.15, 0.2) is 5.60 Å². The highest BCUT2D eigenvalue weighted by Gasteiger charge is 2.81. The number of imide groups is 1. The maximum absolute atomic E-state index is 13.1. The minimum absolute atomic E-state index is 0.107. The van der Waals surface area contributed by atoms with Crippen LogP contribution < -0.4 is 5.32 Å². The van der Waals surface area contributed by atoms with Crippen LogP contribution in [0.2, 0.25) is 0 Å². The van der Waals surface area contributed by atoms with Gasteiger partial charge in [-0.3, -0.25) is 14.9 Å². The zero-order valence-electron chi connectivity index (χ0n) is 19.8. The fourth-order valence-corrected chi connectivity index (χ4v) is 5.87. The molecule has 3 fully saturated rings. The number of hydrogen-bond acceptors (Lipinski definition) is 7. The van der Waals surface area contributed by atoms with Crippen molar-refractivity contribution in [3.05, 3.63) is 41.2 Å². The Balaban J connectivity index is 1.68. The van der Waals surface area contributed by atoms with E-state index in [1.807, 2.05) is 34.6 Å². The smallest absolute Gasteiger partial charge is 0.351 e. The minimum atomic E-state index is -4.72. The largest absolute Gasteiger partial charge is 0.452 e. The van der Waals surface area contributed by atoms with Gasteiger partial charge in [-0.1, -0.05) is 51.9 Å². The number of amides is 2. The number of carbonyl (C=O) groups excluding carboxylic acids is 2. The Hall–Kier alpha value is -2.76. The molecule has 0 spiro atoms. The fraction of sp³-hybridized carbons (Fsp3) is 0.542. The highest BCUT2D eigenvalue weighted by atomic mass is 19.4. The van der Waals surface area contributed by atoms with Crippen LogP contribution in [0.25, 0.3) is 11.3 Å². The van der Waals surface area contributed by atoms with E-state index in [9.17, 15) is 22.8 Å². The number of carbonyl (C=O) groups is 2. The van der Waals surface area contributed by atoms with Crippen LogP contribution >= 0.6 is 0 Å². The van der Waals surface area contributed by atoms with Gasteiger partial charge in [-0.15, -0.1) is 0 Å². The molecule has 5 rings (SSSR count). The summed E-state index contributed by atoms with van der Waals surface area (Å²) in [4.78, 5) is 36.1. The topological polar surface area (TPSA) is 99.9 Å². The third-order valence-corrected chi connectivity index (χ3v) is 7.23. The second kappa shape index (κ2) is 7.14. The van der Waals surface area contributed by atoms with Crippen LogP contribution in [0.4, 0.5) is 13.2 Å². The SMILES string of the molecule is CC(C)(C)C12OOC1(c1ccc(-c3cc(C(F)(F)F)on3)c(C3CC(=O)NC3=O)c1)OCC2(C)C. The molecule has 0 bridgehead atoms. The molecule has 8 nitrogen and oxygen atoms in total. The van der Waals surface area contributed by atoms with Gasteiger partial charge in [-0.05, 0) is 11.6 Å². The summed E-state index contributed by atoms with van der Waals surface area (Å²) in [6, 6.07) is 5.59. The van der Waals surface area contributed by atoms with Gasteiger partial charge >= 0.3 is 6.18 Å². The lowest BCUT2D eigenvalue weighted by atomic mass is 9.57. The third-order valence-electron chi connectivity index (χ3n) is 7.23. The first-order valence-electron chi connectivity index (χ1n) is 11.2. The van der Waals surface area contributed by atoms with E-state index < -0.39 is 51.9 Å². The van der Waals surface area contributed by atoms with Crippen molar-refractivity contribution in [2.45, 2.75) is 64.5 Å². The van der Waals surface area contributed by atoms with E-state index in [0.717, 1.165) is 6.07 Å². The van der Waals surface area contributed by atoms with E-state index in [1.165, 1.54) is 6.07 Å². The lowest BCUT2D eigenvalue weighted by molar-refractivity contribution is -0.626. The molecule has 0 radical (unpaired) electrons. The molecule has 35 heavy (non-hydrogen) atoms. The molecule has 1 aromatic carbocycles. The van der Waals surface area contributed by atoms with Crippen molar-refractivity contribution in [2.75, 3.05) is 6.61 Å². The number of halogens is 3. The van der Waals surface area contributed by atoms with Crippen molar-refractivity contribution >= 4 is 11.8 Å². The first kappa shape index (κ1) is 24.0. The van der Waals surface area contributed by atoms with Crippen molar-refractivity contribution in [3.8, 4) is 11.3 Å². The van der Waals surface area contributed by atoms with Crippen LogP contribution in [-0.4, -0.2) is 29.2 Å². The summed E-state index contributed by atoms with van der Waals surface area (Å²) in [6.45, 7) is 10.4. The molecule has 3 unspecified atom stereocenters. The number of benzene rings is 1. The van der Waals surface area contributed by atoms with Crippen molar-refractivity contribution < 1.29 is 41.8 Å². The standard InChI is InChI=1S/C24H25F3N2O6/c1-20(2,3)24-21(4,5)11-32-22(24,34-35-24)12-6-7-13(16-10-17(33-29-16)23(25,26)27)14(8-12)15-9-18(30)28-19(15)31/h6-8,10,15H,9,11H2,1-5H3,(H,28,30,31). The maximum Gasteiger partial charge on any atom is 0.452 e. The van der Waals surface area contributed by atoms with Crippen LogP contribution in [0.1, 0.15) is 63.8 Å². The molecule has 11 heteroatoms. The number of nitrogens with one attached hydrogen (secondary N) is 1. The van der Waals surface area contributed by atoms with E-state index >= 15 is 0 Å². The zero-order chi connectivity index (χ0) is 25.6. The van der Waals surface area contributed by atoms with Crippen molar-refractivity contribution in [2.24, 2.45) is 10.8 Å². The number of rotatable bonds is 3. The first-order chi connectivity index (χ1) is 16.1. The number of alkyl halides is 3. The lowest BCUT2D eigenvalue weighted by Gasteiger charge is -2.61. The van der Waals surface area contributed by atoms with Crippen LogP contribution in [0, 0.1) is 10.8 Å². The molecule has 0 saturated carbocycles. The number of nitrogens with zero attached hydrogens (tertiary/aromatic N) is 1. The molecular weight excluding hydrogens is 469 g/mol. The Morgan fingerprint density at radius 2 is 1.80 bits per heavy atom. The Morgan fingerprint density at radius 3 is 2.31 bits per heavy atom. The van der Waals surface area contributed by atoms with Gasteiger partial charge < -0.3 is 9.26 Å². The Bertz CT molecular complexity index is 1230. The Labute approximate surface area is 199 Å². The van der Waals surface area contributed by atoms with Gasteiger partial charge in [0.2, 0.25) is 17.6 Å². The fourth-order valence-electron chi connectivity index (χ4n) is 5.87. The highest BCUT2D eigenvalue weighted by Crippen LogP contribution is 2.69. The summed E-state index contributed by atoms with van der Waals surface area (Å²) in [7, 11) is 0. The van der Waals surface area contributed by atoms with E-state index in [-0.39, 0.29) is 17.7 Å². The summed E-state index contributed by atoms with van der Waals surface area (Å²) in [5.41, 5.74) is -0.850. The summed E-state index contributed by atoms with van der Waals surface area (Å²) >= 11 is 0. The van der Waals surface area contributed by atoms with E-state index in [2.05, 4.69) is 15.0 Å². The third kappa shape index (κ3) is 3.14. The van der Waals surface area contributed by atoms with Crippen LogP contribution in [0.3, 0.4) is 0 Å². The normalized spacial score (nSPS) is 30.2. The molecule has 1 N–H and O–H groups in total. The van der Waals surface area contributed by atoms with Gasteiger partial charge in [-0.2, -0.15) is 18.1 Å². The molecule has 188 valence electrons. The average Bonchev–Trinajstić information content (AvgIpc) is 3.36. The van der Waals surface area contributed by atoms with Gasteiger partial charge in [0.1, 0.15) is 5.69 Å². The minimum Gasteiger partial charge on any atom is -0.351 e. The summed E-state index contributed by atoms with van der Waals surface area (Å²) in [5, 5.41) is 5.83. The molecule has 3 aliphatic heterocycles. The van der Waals surface area contributed by atoms with Crippen LogP contribution in [0.5, 0.6) is 0 Å². The van der Waals surface area contributed by atoms with Crippen LogP contribution in [0.15, 0.2) is 28.8 Å². The first-order valence-corrected chi connectivity index (χ1v) is 11.2. The Kier molecular flexibility index (Phi) is 4.89. The van der Waals surface area contributed by atoms with E-state index in [0.29, 0.717) is 17.7 Å². The molecule has 4 heterocycles. The number of hydrogen-bond donors (Lipinski definition) is 1. The van der Waals surface area contributed by atoms with Crippen LogP contribution in [-0.2, 0) is 36.1 Å². The summed E-state index contributed by atoms with van der Waals surface area (Å²) in [5.74, 6) is -4.54. The molecule has 3 saturated heterocycles. The van der Waals surface area contributed by atoms with Gasteiger partial charge in [0, 0.05) is 34.4 Å². The summed E-state index contributed by atoms with van der Waals surface area (Å²) < 4.78 is 50.2. The quantitative estimate of drug-likeness (QED) is 0.497. The molecule has 2 aromatic rings. The number of aromatic nitrogens is 1. The molecule has 0 aliphatic carbocycles. The average molecular weight is 494 g/mol. The zero-order valence-corrected chi connectivity index (χ0v) is 19.8. The molecule has 2 amide bonds. The van der Waals surface area contributed by atoms with Gasteiger partial charge in [-0.25, -0.2) is 4.89 Å². The maximum atomic E-state index is 13.1. The van der Waals surface area contributed by atoms with Gasteiger partial charge in [0.25, 0.3) is 5.79 Å².